The number of benzene rings is 1. The molecule has 0 aliphatic rings. The lowest BCUT2D eigenvalue weighted by Gasteiger charge is -2.10. The molecule has 0 aromatic heterocycles. The van der Waals surface area contributed by atoms with Crippen molar-refractivity contribution in [1.82, 2.24) is 5.32 Å². The van der Waals surface area contributed by atoms with E-state index in [2.05, 4.69) is 21.2 Å². The van der Waals surface area contributed by atoms with Crippen LogP contribution in [-0.2, 0) is 11.3 Å². The van der Waals surface area contributed by atoms with E-state index in [1.54, 1.807) is 12.1 Å². The average molecular weight is 303 g/mol. The SMILES string of the molecule is C[C@@H](NCc1cccc([N+](=O)[O-])c1Br)C(=O)O. The second kappa shape index (κ2) is 5.74. The third-order valence-corrected chi connectivity index (χ3v) is 3.14. The molecule has 2 N–H and O–H groups in total. The molecule has 0 aliphatic heterocycles. The molecule has 92 valence electrons. The lowest BCUT2D eigenvalue weighted by atomic mass is 10.2. The number of hydrogen-bond acceptors (Lipinski definition) is 4. The monoisotopic (exact) mass is 302 g/mol. The molecule has 1 aromatic rings. The minimum absolute atomic E-state index is 0.0349. The number of carbonyl (C=O) groups is 1. The Balaban J connectivity index is 2.82. The number of aliphatic carboxylic acids is 1. The van der Waals surface area contributed by atoms with Gasteiger partial charge in [-0.05, 0) is 28.4 Å². The van der Waals surface area contributed by atoms with Crippen molar-refractivity contribution in [3.63, 3.8) is 0 Å². The first-order chi connectivity index (χ1) is 7.93. The molecule has 0 heterocycles. The summed E-state index contributed by atoms with van der Waals surface area (Å²) in [6.45, 7) is 1.75. The van der Waals surface area contributed by atoms with Gasteiger partial charge in [0.2, 0.25) is 0 Å². The number of hydrogen-bond donors (Lipinski definition) is 2. The van der Waals surface area contributed by atoms with Gasteiger partial charge in [-0.1, -0.05) is 12.1 Å². The van der Waals surface area contributed by atoms with Crippen LogP contribution in [0.3, 0.4) is 0 Å². The van der Waals surface area contributed by atoms with Crippen molar-refractivity contribution in [2.75, 3.05) is 0 Å². The van der Waals surface area contributed by atoms with Crippen LogP contribution < -0.4 is 5.32 Å². The molecule has 0 radical (unpaired) electrons. The van der Waals surface area contributed by atoms with Crippen LogP contribution in [0.25, 0.3) is 0 Å². The summed E-state index contributed by atoms with van der Waals surface area (Å²) in [6, 6.07) is 3.93. The lowest BCUT2D eigenvalue weighted by molar-refractivity contribution is -0.385. The largest absolute Gasteiger partial charge is 0.480 e. The predicted molar refractivity (Wildman–Crippen MR) is 64.7 cm³/mol. The number of nitrogens with one attached hydrogen (secondary N) is 1. The highest BCUT2D eigenvalue weighted by molar-refractivity contribution is 9.10. The molecular weight excluding hydrogens is 292 g/mol. The van der Waals surface area contributed by atoms with Gasteiger partial charge < -0.3 is 10.4 Å². The van der Waals surface area contributed by atoms with Crippen LogP contribution in [0, 0.1) is 10.1 Å². The van der Waals surface area contributed by atoms with E-state index in [4.69, 9.17) is 5.11 Å². The topological polar surface area (TPSA) is 92.5 Å². The van der Waals surface area contributed by atoms with Gasteiger partial charge in [0.05, 0.1) is 9.40 Å². The van der Waals surface area contributed by atoms with Crippen LogP contribution >= 0.6 is 15.9 Å². The van der Waals surface area contributed by atoms with Crippen molar-refractivity contribution in [2.24, 2.45) is 0 Å². The highest BCUT2D eigenvalue weighted by Gasteiger charge is 2.16. The van der Waals surface area contributed by atoms with Crippen LogP contribution in [0.15, 0.2) is 22.7 Å². The molecule has 17 heavy (non-hydrogen) atoms. The van der Waals surface area contributed by atoms with Crippen molar-refractivity contribution >= 4 is 27.6 Å². The van der Waals surface area contributed by atoms with Crippen LogP contribution in [0.5, 0.6) is 0 Å². The lowest BCUT2D eigenvalue weighted by Crippen LogP contribution is -2.33. The van der Waals surface area contributed by atoms with Crippen LogP contribution in [0.4, 0.5) is 5.69 Å². The summed E-state index contributed by atoms with van der Waals surface area (Å²) in [5.74, 6) is -0.966. The van der Waals surface area contributed by atoms with Crippen LogP contribution in [0.1, 0.15) is 12.5 Å². The molecule has 0 spiro atoms. The zero-order valence-electron chi connectivity index (χ0n) is 9.01. The van der Waals surface area contributed by atoms with Gasteiger partial charge in [0.15, 0.2) is 0 Å². The molecule has 0 saturated carbocycles. The summed E-state index contributed by atoms with van der Waals surface area (Å²) in [4.78, 5) is 20.8. The van der Waals surface area contributed by atoms with Gasteiger partial charge in [-0.2, -0.15) is 0 Å². The van der Waals surface area contributed by atoms with Crippen molar-refractivity contribution in [1.29, 1.82) is 0 Å². The number of carboxylic acids is 1. The van der Waals surface area contributed by atoms with Crippen molar-refractivity contribution < 1.29 is 14.8 Å². The van der Waals surface area contributed by atoms with Gasteiger partial charge >= 0.3 is 5.97 Å². The van der Waals surface area contributed by atoms with E-state index in [-0.39, 0.29) is 12.2 Å². The zero-order chi connectivity index (χ0) is 13.0. The number of nitrogens with zero attached hydrogens (tertiary/aromatic N) is 1. The van der Waals surface area contributed by atoms with E-state index in [9.17, 15) is 14.9 Å². The summed E-state index contributed by atoms with van der Waals surface area (Å²) in [5, 5.41) is 22.1. The third kappa shape index (κ3) is 3.50. The predicted octanol–water partition coefficient (Wildman–Crippen LogP) is 1.92. The summed E-state index contributed by atoms with van der Waals surface area (Å²) < 4.78 is 0.370. The van der Waals surface area contributed by atoms with Gasteiger partial charge in [0, 0.05) is 12.6 Å². The minimum atomic E-state index is -0.966. The number of nitro groups is 1. The molecule has 0 bridgehead atoms. The molecule has 0 saturated heterocycles. The Hall–Kier alpha value is -1.47. The summed E-state index contributed by atoms with van der Waals surface area (Å²) in [6.07, 6.45) is 0. The Labute approximate surface area is 106 Å². The summed E-state index contributed by atoms with van der Waals surface area (Å²) in [5.41, 5.74) is 0.611. The standard InChI is InChI=1S/C10H11BrN2O4/c1-6(10(14)15)12-5-7-3-2-4-8(9(7)11)13(16)17/h2-4,6,12H,5H2,1H3,(H,14,15)/t6-/m1/s1. The fraction of sp³-hybridized carbons (Fsp3) is 0.300. The second-order valence-corrected chi connectivity index (χ2v) is 4.24. The Bertz CT molecular complexity index is 450. The molecule has 0 unspecified atom stereocenters. The minimum Gasteiger partial charge on any atom is -0.480 e. The molecule has 0 fully saturated rings. The van der Waals surface area contributed by atoms with E-state index < -0.39 is 16.9 Å². The second-order valence-electron chi connectivity index (χ2n) is 3.45. The van der Waals surface area contributed by atoms with E-state index in [0.717, 1.165) is 0 Å². The fourth-order valence-corrected chi connectivity index (χ4v) is 1.74. The van der Waals surface area contributed by atoms with Gasteiger partial charge in [-0.15, -0.1) is 0 Å². The van der Waals surface area contributed by atoms with Gasteiger partial charge in [0.1, 0.15) is 6.04 Å². The zero-order valence-corrected chi connectivity index (χ0v) is 10.6. The Morgan fingerprint density at radius 1 is 1.65 bits per heavy atom. The third-order valence-electron chi connectivity index (χ3n) is 2.22. The quantitative estimate of drug-likeness (QED) is 0.640. The van der Waals surface area contributed by atoms with Crippen molar-refractivity contribution in [2.45, 2.75) is 19.5 Å². The molecule has 1 rings (SSSR count). The van der Waals surface area contributed by atoms with E-state index in [1.807, 2.05) is 0 Å². The van der Waals surface area contributed by atoms with Crippen molar-refractivity contribution in [3.05, 3.63) is 38.3 Å². The summed E-state index contributed by atoms with van der Waals surface area (Å²) in [7, 11) is 0. The number of rotatable bonds is 5. The maximum atomic E-state index is 10.7. The van der Waals surface area contributed by atoms with Crippen LogP contribution in [-0.4, -0.2) is 22.0 Å². The molecule has 1 atom stereocenters. The molecule has 7 heteroatoms. The van der Waals surface area contributed by atoms with E-state index in [0.29, 0.717) is 10.0 Å². The molecule has 6 nitrogen and oxygen atoms in total. The first-order valence-electron chi connectivity index (χ1n) is 4.81. The highest BCUT2D eigenvalue weighted by Crippen LogP contribution is 2.28. The number of nitro benzene ring substituents is 1. The fourth-order valence-electron chi connectivity index (χ4n) is 1.19. The number of halogens is 1. The maximum Gasteiger partial charge on any atom is 0.320 e. The van der Waals surface area contributed by atoms with Gasteiger partial charge in [-0.25, -0.2) is 0 Å². The van der Waals surface area contributed by atoms with E-state index in [1.165, 1.54) is 13.0 Å². The normalized spacial score (nSPS) is 12.1. The molecular formula is C10H11BrN2O4. The van der Waals surface area contributed by atoms with Crippen LogP contribution in [0.2, 0.25) is 0 Å². The molecule has 1 aromatic carbocycles. The first-order valence-corrected chi connectivity index (χ1v) is 5.60. The van der Waals surface area contributed by atoms with Gasteiger partial charge in [0.25, 0.3) is 5.69 Å². The van der Waals surface area contributed by atoms with Gasteiger partial charge in [-0.3, -0.25) is 14.9 Å². The highest BCUT2D eigenvalue weighted by atomic mass is 79.9. The number of carboxylic acid groups (broad SMARTS) is 1. The Morgan fingerprint density at radius 3 is 2.82 bits per heavy atom. The first kappa shape index (κ1) is 13.6. The molecule has 0 amide bonds. The van der Waals surface area contributed by atoms with E-state index >= 15 is 0 Å². The summed E-state index contributed by atoms with van der Waals surface area (Å²) >= 11 is 3.14. The Kier molecular flexibility index (Phi) is 4.59. The smallest absolute Gasteiger partial charge is 0.320 e. The molecule has 0 aliphatic carbocycles. The van der Waals surface area contributed by atoms with Crippen molar-refractivity contribution in [3.8, 4) is 0 Å². The maximum absolute atomic E-state index is 10.7. The Morgan fingerprint density at radius 2 is 2.29 bits per heavy atom. The average Bonchev–Trinajstić information content (AvgIpc) is 2.26.